The minimum absolute atomic E-state index is 0.533. The van der Waals surface area contributed by atoms with E-state index in [9.17, 15) is 9.90 Å². The fraction of sp³-hybridized carbons (Fsp3) is 0.917. The first-order valence-corrected chi connectivity index (χ1v) is 6.17. The summed E-state index contributed by atoms with van der Waals surface area (Å²) in [6.07, 6.45) is 6.55. The molecule has 3 heteroatoms. The van der Waals surface area contributed by atoms with Gasteiger partial charge in [-0.05, 0) is 44.7 Å². The normalized spacial score (nSPS) is 32.1. The predicted molar refractivity (Wildman–Crippen MR) is 58.8 cm³/mol. The molecule has 1 unspecified atom stereocenters. The molecule has 2 aliphatic rings. The lowest BCUT2D eigenvalue weighted by Gasteiger charge is -2.33. The Kier molecular flexibility index (Phi) is 3.01. The van der Waals surface area contributed by atoms with Gasteiger partial charge in [0.25, 0.3) is 0 Å². The third-order valence-corrected chi connectivity index (χ3v) is 4.11. The van der Waals surface area contributed by atoms with Crippen molar-refractivity contribution < 1.29 is 9.90 Å². The molecular formula is C12H21NO2. The topological polar surface area (TPSA) is 40.5 Å². The van der Waals surface area contributed by atoms with Crippen LogP contribution in [0.3, 0.4) is 0 Å². The quantitative estimate of drug-likeness (QED) is 0.757. The van der Waals surface area contributed by atoms with Gasteiger partial charge in [0.05, 0.1) is 0 Å². The number of carbonyl (C=O) groups is 1. The second kappa shape index (κ2) is 4.12. The van der Waals surface area contributed by atoms with Crippen LogP contribution in [0.5, 0.6) is 0 Å². The summed E-state index contributed by atoms with van der Waals surface area (Å²) < 4.78 is 0. The van der Waals surface area contributed by atoms with E-state index in [0.717, 1.165) is 38.3 Å². The van der Waals surface area contributed by atoms with E-state index in [1.807, 2.05) is 6.92 Å². The summed E-state index contributed by atoms with van der Waals surface area (Å²) in [4.78, 5) is 13.6. The highest BCUT2D eigenvalue weighted by Gasteiger charge is 2.46. The van der Waals surface area contributed by atoms with Crippen LogP contribution in [0.2, 0.25) is 0 Å². The SMILES string of the molecule is CCC1(C(=O)O)CCCN1CCC1CC1. The fourth-order valence-corrected chi connectivity index (χ4v) is 2.80. The van der Waals surface area contributed by atoms with E-state index in [2.05, 4.69) is 4.90 Å². The summed E-state index contributed by atoms with van der Waals surface area (Å²) in [6, 6.07) is 0. The predicted octanol–water partition coefficient (Wildman–Crippen LogP) is 2.12. The molecule has 0 bridgehead atoms. The molecular weight excluding hydrogens is 190 g/mol. The molecule has 0 spiro atoms. The van der Waals surface area contributed by atoms with Gasteiger partial charge in [-0.1, -0.05) is 19.8 Å². The number of rotatable bonds is 5. The van der Waals surface area contributed by atoms with E-state index in [-0.39, 0.29) is 0 Å². The second-order valence-corrected chi connectivity index (χ2v) is 5.01. The fourth-order valence-electron chi connectivity index (χ4n) is 2.80. The highest BCUT2D eigenvalue weighted by molar-refractivity contribution is 5.79. The maximum Gasteiger partial charge on any atom is 0.324 e. The molecule has 1 saturated carbocycles. The van der Waals surface area contributed by atoms with Crippen molar-refractivity contribution in [1.29, 1.82) is 0 Å². The minimum Gasteiger partial charge on any atom is -0.480 e. The molecule has 1 saturated heterocycles. The van der Waals surface area contributed by atoms with Crippen LogP contribution in [-0.4, -0.2) is 34.6 Å². The summed E-state index contributed by atoms with van der Waals surface area (Å²) in [6.45, 7) is 3.97. The first kappa shape index (κ1) is 10.9. The minimum atomic E-state index is -0.613. The molecule has 0 aromatic rings. The lowest BCUT2D eigenvalue weighted by Crippen LogP contribution is -2.50. The molecule has 1 heterocycles. The monoisotopic (exact) mass is 211 g/mol. The molecule has 86 valence electrons. The van der Waals surface area contributed by atoms with E-state index in [1.165, 1.54) is 19.3 Å². The van der Waals surface area contributed by atoms with Gasteiger partial charge in [0.1, 0.15) is 5.54 Å². The van der Waals surface area contributed by atoms with Gasteiger partial charge < -0.3 is 5.11 Å². The summed E-state index contributed by atoms with van der Waals surface area (Å²) >= 11 is 0. The number of hydrogen-bond donors (Lipinski definition) is 1. The number of aliphatic carboxylic acids is 1. The van der Waals surface area contributed by atoms with Crippen LogP contribution in [-0.2, 0) is 4.79 Å². The second-order valence-electron chi connectivity index (χ2n) is 5.01. The molecule has 1 N–H and O–H groups in total. The van der Waals surface area contributed by atoms with Crippen LogP contribution in [0.4, 0.5) is 0 Å². The maximum absolute atomic E-state index is 11.4. The van der Waals surface area contributed by atoms with Crippen LogP contribution in [0, 0.1) is 5.92 Å². The zero-order valence-electron chi connectivity index (χ0n) is 9.54. The van der Waals surface area contributed by atoms with Gasteiger partial charge in [0.15, 0.2) is 0 Å². The van der Waals surface area contributed by atoms with Gasteiger partial charge in [-0.2, -0.15) is 0 Å². The van der Waals surface area contributed by atoms with Crippen molar-refractivity contribution in [1.82, 2.24) is 4.90 Å². The zero-order valence-corrected chi connectivity index (χ0v) is 9.54. The lowest BCUT2D eigenvalue weighted by atomic mass is 9.93. The molecule has 3 nitrogen and oxygen atoms in total. The van der Waals surface area contributed by atoms with E-state index in [0.29, 0.717) is 0 Å². The van der Waals surface area contributed by atoms with Crippen molar-refractivity contribution >= 4 is 5.97 Å². The zero-order chi connectivity index (χ0) is 10.9. The largest absolute Gasteiger partial charge is 0.480 e. The van der Waals surface area contributed by atoms with E-state index >= 15 is 0 Å². The number of nitrogens with zero attached hydrogens (tertiary/aromatic N) is 1. The van der Waals surface area contributed by atoms with Crippen molar-refractivity contribution in [2.24, 2.45) is 5.92 Å². The first-order chi connectivity index (χ1) is 7.19. The molecule has 2 fully saturated rings. The Morgan fingerprint density at radius 2 is 2.27 bits per heavy atom. The number of carboxylic acid groups (broad SMARTS) is 1. The molecule has 0 amide bonds. The number of carboxylic acids is 1. The van der Waals surface area contributed by atoms with Crippen molar-refractivity contribution in [2.45, 2.75) is 51.0 Å². The molecule has 1 aliphatic carbocycles. The van der Waals surface area contributed by atoms with Gasteiger partial charge >= 0.3 is 5.97 Å². The van der Waals surface area contributed by atoms with E-state index < -0.39 is 11.5 Å². The smallest absolute Gasteiger partial charge is 0.324 e. The van der Waals surface area contributed by atoms with E-state index in [1.54, 1.807) is 0 Å². The Morgan fingerprint density at radius 3 is 2.80 bits per heavy atom. The number of hydrogen-bond acceptors (Lipinski definition) is 2. The van der Waals surface area contributed by atoms with Gasteiger partial charge in [-0.15, -0.1) is 0 Å². The average molecular weight is 211 g/mol. The Labute approximate surface area is 91.5 Å². The summed E-state index contributed by atoms with van der Waals surface area (Å²) in [5.74, 6) is 0.284. The maximum atomic E-state index is 11.4. The molecule has 0 aromatic carbocycles. The van der Waals surface area contributed by atoms with Crippen LogP contribution in [0.25, 0.3) is 0 Å². The van der Waals surface area contributed by atoms with Gasteiger partial charge in [0, 0.05) is 0 Å². The highest BCUT2D eigenvalue weighted by atomic mass is 16.4. The molecule has 1 atom stereocenters. The van der Waals surface area contributed by atoms with Gasteiger partial charge in [0.2, 0.25) is 0 Å². The van der Waals surface area contributed by atoms with Crippen LogP contribution < -0.4 is 0 Å². The van der Waals surface area contributed by atoms with Crippen molar-refractivity contribution in [3.63, 3.8) is 0 Å². The molecule has 0 radical (unpaired) electrons. The van der Waals surface area contributed by atoms with Crippen molar-refractivity contribution in [3.05, 3.63) is 0 Å². The summed E-state index contributed by atoms with van der Waals surface area (Å²) in [5.41, 5.74) is -0.533. The highest BCUT2D eigenvalue weighted by Crippen LogP contribution is 2.37. The third-order valence-electron chi connectivity index (χ3n) is 4.11. The Morgan fingerprint density at radius 1 is 1.53 bits per heavy atom. The average Bonchev–Trinajstić information content (AvgIpc) is 2.94. The molecule has 0 aromatic heterocycles. The standard InChI is InChI=1S/C12H21NO2/c1-2-12(11(14)15)7-3-8-13(12)9-6-10-4-5-10/h10H,2-9H2,1H3,(H,14,15). The van der Waals surface area contributed by atoms with Crippen LogP contribution in [0.15, 0.2) is 0 Å². The van der Waals surface area contributed by atoms with Crippen LogP contribution >= 0.6 is 0 Å². The van der Waals surface area contributed by atoms with Gasteiger partial charge in [-0.25, -0.2) is 0 Å². The Balaban J connectivity index is 1.97. The molecule has 1 aliphatic heterocycles. The third kappa shape index (κ3) is 2.03. The van der Waals surface area contributed by atoms with E-state index in [4.69, 9.17) is 0 Å². The first-order valence-electron chi connectivity index (χ1n) is 6.17. The van der Waals surface area contributed by atoms with Crippen LogP contribution in [0.1, 0.15) is 45.4 Å². The summed E-state index contributed by atoms with van der Waals surface area (Å²) in [7, 11) is 0. The molecule has 15 heavy (non-hydrogen) atoms. The number of likely N-dealkylation sites (tertiary alicyclic amines) is 1. The Bertz CT molecular complexity index is 250. The van der Waals surface area contributed by atoms with Crippen molar-refractivity contribution in [3.8, 4) is 0 Å². The van der Waals surface area contributed by atoms with Crippen molar-refractivity contribution in [2.75, 3.05) is 13.1 Å². The Hall–Kier alpha value is -0.570. The summed E-state index contributed by atoms with van der Waals surface area (Å²) in [5, 5.41) is 9.37. The lowest BCUT2D eigenvalue weighted by molar-refractivity contribution is -0.150. The molecule has 2 rings (SSSR count). The van der Waals surface area contributed by atoms with Gasteiger partial charge in [-0.3, -0.25) is 9.69 Å².